The van der Waals surface area contributed by atoms with Crippen LogP contribution >= 0.6 is 0 Å². The minimum Gasteiger partial charge on any atom is -0.399 e. The SMILES string of the molecule is CCc1ccc(N)cc1S(=O)(=O)Nc1ccc(C)cc1C. The lowest BCUT2D eigenvalue weighted by Gasteiger charge is -2.14. The zero-order chi connectivity index (χ0) is 15.6. The van der Waals surface area contributed by atoms with Crippen molar-refractivity contribution in [1.29, 1.82) is 0 Å². The second kappa shape index (κ2) is 5.77. The molecule has 0 aromatic heterocycles. The number of nitrogens with one attached hydrogen (secondary N) is 1. The highest BCUT2D eigenvalue weighted by molar-refractivity contribution is 7.92. The predicted octanol–water partition coefficient (Wildman–Crippen LogP) is 3.25. The molecule has 0 radical (unpaired) electrons. The molecule has 0 atom stereocenters. The first-order valence-corrected chi connectivity index (χ1v) is 8.30. The highest BCUT2D eigenvalue weighted by Crippen LogP contribution is 2.24. The summed E-state index contributed by atoms with van der Waals surface area (Å²) in [6, 6.07) is 10.6. The predicted molar refractivity (Wildman–Crippen MR) is 87.0 cm³/mol. The van der Waals surface area contributed by atoms with Crippen molar-refractivity contribution in [3.63, 3.8) is 0 Å². The Hall–Kier alpha value is -2.01. The lowest BCUT2D eigenvalue weighted by atomic mass is 10.1. The number of aryl methyl sites for hydroxylation is 3. The van der Waals surface area contributed by atoms with Gasteiger partial charge in [0.05, 0.1) is 10.6 Å². The first-order chi connectivity index (χ1) is 9.83. The number of nitrogen functional groups attached to an aromatic ring is 1. The lowest BCUT2D eigenvalue weighted by Crippen LogP contribution is -2.16. The van der Waals surface area contributed by atoms with Crippen LogP contribution in [0.5, 0.6) is 0 Å². The van der Waals surface area contributed by atoms with Gasteiger partial charge in [-0.25, -0.2) is 8.42 Å². The van der Waals surface area contributed by atoms with Crippen molar-refractivity contribution in [3.05, 3.63) is 53.1 Å². The third-order valence-corrected chi connectivity index (χ3v) is 4.84. The summed E-state index contributed by atoms with van der Waals surface area (Å²) in [7, 11) is -3.64. The summed E-state index contributed by atoms with van der Waals surface area (Å²) in [6.07, 6.45) is 0.628. The number of rotatable bonds is 4. The number of nitrogens with two attached hydrogens (primary N) is 1. The molecule has 0 saturated carbocycles. The molecule has 0 bridgehead atoms. The summed E-state index contributed by atoms with van der Waals surface area (Å²) in [5.74, 6) is 0. The van der Waals surface area contributed by atoms with E-state index in [1.807, 2.05) is 32.9 Å². The van der Waals surface area contributed by atoms with Crippen LogP contribution in [0.4, 0.5) is 11.4 Å². The molecule has 5 heteroatoms. The van der Waals surface area contributed by atoms with E-state index in [4.69, 9.17) is 5.73 Å². The van der Waals surface area contributed by atoms with E-state index in [2.05, 4.69) is 4.72 Å². The maximum absolute atomic E-state index is 12.6. The van der Waals surface area contributed by atoms with E-state index in [0.717, 1.165) is 16.7 Å². The Morgan fingerprint density at radius 1 is 1.10 bits per heavy atom. The largest absolute Gasteiger partial charge is 0.399 e. The van der Waals surface area contributed by atoms with Crippen molar-refractivity contribution in [2.45, 2.75) is 32.1 Å². The molecule has 0 heterocycles. The van der Waals surface area contributed by atoms with Crippen molar-refractivity contribution in [3.8, 4) is 0 Å². The summed E-state index contributed by atoms with van der Waals surface area (Å²) >= 11 is 0. The molecule has 4 nitrogen and oxygen atoms in total. The maximum atomic E-state index is 12.6. The average molecular weight is 304 g/mol. The molecule has 0 unspecified atom stereocenters. The molecule has 21 heavy (non-hydrogen) atoms. The molecular weight excluding hydrogens is 284 g/mol. The standard InChI is InChI=1S/C16H20N2O2S/c1-4-13-6-7-14(17)10-16(13)21(19,20)18-15-8-5-11(2)9-12(15)3/h5-10,18H,4,17H2,1-3H3. The van der Waals surface area contributed by atoms with Gasteiger partial charge in [0.1, 0.15) is 0 Å². The van der Waals surface area contributed by atoms with Crippen molar-refractivity contribution >= 4 is 21.4 Å². The lowest BCUT2D eigenvalue weighted by molar-refractivity contribution is 0.600. The van der Waals surface area contributed by atoms with Crippen LogP contribution in [0.2, 0.25) is 0 Å². The van der Waals surface area contributed by atoms with E-state index < -0.39 is 10.0 Å². The Labute approximate surface area is 126 Å². The van der Waals surface area contributed by atoms with Crippen LogP contribution in [0.25, 0.3) is 0 Å². The first-order valence-electron chi connectivity index (χ1n) is 6.82. The third-order valence-electron chi connectivity index (χ3n) is 3.39. The van der Waals surface area contributed by atoms with Crippen molar-refractivity contribution in [2.24, 2.45) is 0 Å². The van der Waals surface area contributed by atoms with Gasteiger partial charge < -0.3 is 5.73 Å². The van der Waals surface area contributed by atoms with E-state index in [-0.39, 0.29) is 4.90 Å². The zero-order valence-corrected chi connectivity index (χ0v) is 13.3. The molecule has 2 aromatic rings. The van der Waals surface area contributed by atoms with Crippen molar-refractivity contribution in [2.75, 3.05) is 10.5 Å². The topological polar surface area (TPSA) is 72.2 Å². The minimum atomic E-state index is -3.64. The number of sulfonamides is 1. The molecule has 0 spiro atoms. The van der Waals surface area contributed by atoms with Gasteiger partial charge in [0.2, 0.25) is 0 Å². The first kappa shape index (κ1) is 15.4. The Bertz CT molecular complexity index is 768. The van der Waals surface area contributed by atoms with E-state index in [1.54, 1.807) is 18.2 Å². The fourth-order valence-electron chi connectivity index (χ4n) is 2.24. The second-order valence-corrected chi connectivity index (χ2v) is 6.80. The molecule has 0 aliphatic heterocycles. The average Bonchev–Trinajstić information content (AvgIpc) is 2.42. The molecule has 3 N–H and O–H groups in total. The second-order valence-electron chi connectivity index (χ2n) is 5.14. The quantitative estimate of drug-likeness (QED) is 0.852. The van der Waals surface area contributed by atoms with Gasteiger partial charge in [0.25, 0.3) is 10.0 Å². The molecule has 2 aromatic carbocycles. The van der Waals surface area contributed by atoms with E-state index in [1.165, 1.54) is 6.07 Å². The van der Waals surface area contributed by atoms with Gasteiger partial charge >= 0.3 is 0 Å². The molecule has 2 rings (SSSR count). The number of benzene rings is 2. The number of hydrogen-bond acceptors (Lipinski definition) is 3. The highest BCUT2D eigenvalue weighted by Gasteiger charge is 2.19. The van der Waals surface area contributed by atoms with Crippen LogP contribution in [0.1, 0.15) is 23.6 Å². The van der Waals surface area contributed by atoms with Crippen LogP contribution in [0.15, 0.2) is 41.3 Å². The van der Waals surface area contributed by atoms with Crippen LogP contribution in [-0.2, 0) is 16.4 Å². The number of anilines is 2. The molecule has 0 amide bonds. The molecule has 0 fully saturated rings. The highest BCUT2D eigenvalue weighted by atomic mass is 32.2. The van der Waals surface area contributed by atoms with Crippen LogP contribution in [0, 0.1) is 13.8 Å². The summed E-state index contributed by atoms with van der Waals surface area (Å²) in [6.45, 7) is 5.77. The van der Waals surface area contributed by atoms with Gasteiger partial charge in [0, 0.05) is 5.69 Å². The monoisotopic (exact) mass is 304 g/mol. The van der Waals surface area contributed by atoms with E-state index in [0.29, 0.717) is 17.8 Å². The van der Waals surface area contributed by atoms with Crippen molar-refractivity contribution < 1.29 is 8.42 Å². The van der Waals surface area contributed by atoms with Gasteiger partial charge in [-0.2, -0.15) is 0 Å². The van der Waals surface area contributed by atoms with Crippen LogP contribution in [0.3, 0.4) is 0 Å². The summed E-state index contributed by atoms with van der Waals surface area (Å²) < 4.78 is 27.9. The third kappa shape index (κ3) is 3.36. The number of hydrogen-bond donors (Lipinski definition) is 2. The smallest absolute Gasteiger partial charge is 0.262 e. The van der Waals surface area contributed by atoms with Gasteiger partial charge in [0.15, 0.2) is 0 Å². The molecule has 0 aliphatic rings. The summed E-state index contributed by atoms with van der Waals surface area (Å²) in [4.78, 5) is 0.241. The van der Waals surface area contributed by atoms with Gasteiger partial charge in [-0.05, 0) is 49.6 Å². The fourth-order valence-corrected chi connectivity index (χ4v) is 3.72. The van der Waals surface area contributed by atoms with Crippen LogP contribution < -0.4 is 10.5 Å². The Kier molecular flexibility index (Phi) is 4.23. The van der Waals surface area contributed by atoms with E-state index in [9.17, 15) is 8.42 Å². The summed E-state index contributed by atoms with van der Waals surface area (Å²) in [5.41, 5.74) is 9.49. The normalized spacial score (nSPS) is 11.4. The Morgan fingerprint density at radius 3 is 2.43 bits per heavy atom. The minimum absolute atomic E-state index is 0.241. The Balaban J connectivity index is 2.45. The molecule has 0 saturated heterocycles. The van der Waals surface area contributed by atoms with Gasteiger partial charge in [-0.3, -0.25) is 4.72 Å². The fraction of sp³-hybridized carbons (Fsp3) is 0.250. The van der Waals surface area contributed by atoms with Crippen LogP contribution in [-0.4, -0.2) is 8.42 Å². The molecule has 112 valence electrons. The summed E-state index contributed by atoms with van der Waals surface area (Å²) in [5, 5.41) is 0. The maximum Gasteiger partial charge on any atom is 0.262 e. The molecular formula is C16H20N2O2S. The Morgan fingerprint density at radius 2 is 1.81 bits per heavy atom. The van der Waals surface area contributed by atoms with E-state index >= 15 is 0 Å². The van der Waals surface area contributed by atoms with Crippen molar-refractivity contribution in [1.82, 2.24) is 0 Å². The van der Waals surface area contributed by atoms with Gasteiger partial charge in [-0.15, -0.1) is 0 Å². The zero-order valence-electron chi connectivity index (χ0n) is 12.5. The molecule has 0 aliphatic carbocycles. The van der Waals surface area contributed by atoms with Gasteiger partial charge in [-0.1, -0.05) is 30.7 Å².